The van der Waals surface area contributed by atoms with Crippen LogP contribution in [-0.4, -0.2) is 17.6 Å². The Kier molecular flexibility index (Phi) is 6.12. The molecule has 2 aromatic carbocycles. The van der Waals surface area contributed by atoms with Gasteiger partial charge >= 0.3 is 0 Å². The third kappa shape index (κ3) is 5.65. The Morgan fingerprint density at radius 2 is 1.78 bits per heavy atom. The predicted octanol–water partition coefficient (Wildman–Crippen LogP) is 3.96. The summed E-state index contributed by atoms with van der Waals surface area (Å²) in [4.78, 5) is 11.8. The Bertz CT molecular complexity index is 717. The summed E-state index contributed by atoms with van der Waals surface area (Å²) in [5.41, 5.74) is 3.06. The van der Waals surface area contributed by atoms with Gasteiger partial charge in [0.2, 0.25) is 0 Å². The standard InChI is InChI=1S/C17H17BrN2O2S/c1-11-3-6-13(7-4-11)22-10-16(21)20-17(23)19-15-8-5-12(2)9-14(15)18/h3-9H,10H2,1-2H3,(H2,19,20,21,23). The minimum atomic E-state index is -0.314. The van der Waals surface area contributed by atoms with Crippen molar-refractivity contribution in [3.63, 3.8) is 0 Å². The molecule has 0 saturated heterocycles. The van der Waals surface area contributed by atoms with Crippen molar-refractivity contribution in [2.75, 3.05) is 11.9 Å². The summed E-state index contributed by atoms with van der Waals surface area (Å²) in [5.74, 6) is 0.331. The molecule has 6 heteroatoms. The molecule has 0 aliphatic carbocycles. The molecule has 0 fully saturated rings. The lowest BCUT2D eigenvalue weighted by atomic mass is 10.2. The summed E-state index contributed by atoms with van der Waals surface area (Å²) < 4.78 is 6.28. The van der Waals surface area contributed by atoms with Crippen LogP contribution >= 0.6 is 28.1 Å². The summed E-state index contributed by atoms with van der Waals surface area (Å²) in [5, 5.41) is 5.79. The largest absolute Gasteiger partial charge is 0.484 e. The molecular weight excluding hydrogens is 376 g/mol. The minimum absolute atomic E-state index is 0.0973. The number of carbonyl (C=O) groups is 1. The van der Waals surface area contributed by atoms with E-state index in [0.717, 1.165) is 21.3 Å². The van der Waals surface area contributed by atoms with Crippen molar-refractivity contribution in [3.05, 3.63) is 58.1 Å². The lowest BCUT2D eigenvalue weighted by Gasteiger charge is -2.12. The zero-order valence-electron chi connectivity index (χ0n) is 12.9. The molecule has 2 aromatic rings. The number of thiocarbonyl (C=S) groups is 1. The van der Waals surface area contributed by atoms with E-state index in [2.05, 4.69) is 26.6 Å². The van der Waals surface area contributed by atoms with Crippen LogP contribution in [0.5, 0.6) is 5.75 Å². The maximum absolute atomic E-state index is 11.8. The Morgan fingerprint density at radius 3 is 2.43 bits per heavy atom. The van der Waals surface area contributed by atoms with Gasteiger partial charge in [0.1, 0.15) is 5.75 Å². The smallest absolute Gasteiger partial charge is 0.264 e. The molecule has 120 valence electrons. The first-order chi connectivity index (χ1) is 10.9. The number of anilines is 1. The number of carbonyl (C=O) groups excluding carboxylic acids is 1. The molecule has 0 aromatic heterocycles. The number of hydrogen-bond donors (Lipinski definition) is 2. The van der Waals surface area contributed by atoms with Gasteiger partial charge in [0.05, 0.1) is 5.69 Å². The Balaban J connectivity index is 1.82. The zero-order valence-corrected chi connectivity index (χ0v) is 15.3. The van der Waals surface area contributed by atoms with Gasteiger partial charge in [0.25, 0.3) is 5.91 Å². The van der Waals surface area contributed by atoms with Crippen molar-refractivity contribution in [2.45, 2.75) is 13.8 Å². The molecule has 0 atom stereocenters. The fraction of sp³-hybridized carbons (Fsp3) is 0.176. The first kappa shape index (κ1) is 17.4. The fourth-order valence-electron chi connectivity index (χ4n) is 1.82. The highest BCUT2D eigenvalue weighted by Crippen LogP contribution is 2.23. The summed E-state index contributed by atoms with van der Waals surface area (Å²) in [6.45, 7) is 3.89. The van der Waals surface area contributed by atoms with E-state index >= 15 is 0 Å². The van der Waals surface area contributed by atoms with Crippen molar-refractivity contribution in [2.24, 2.45) is 0 Å². The van der Waals surface area contributed by atoms with Gasteiger partial charge in [0.15, 0.2) is 11.7 Å². The van der Waals surface area contributed by atoms with Gasteiger partial charge in [-0.3, -0.25) is 10.1 Å². The number of amides is 1. The van der Waals surface area contributed by atoms with Crippen molar-refractivity contribution < 1.29 is 9.53 Å². The molecule has 2 rings (SSSR count). The molecule has 0 bridgehead atoms. The van der Waals surface area contributed by atoms with Crippen molar-refractivity contribution in [1.82, 2.24) is 5.32 Å². The van der Waals surface area contributed by atoms with Crippen LogP contribution in [-0.2, 0) is 4.79 Å². The first-order valence-electron chi connectivity index (χ1n) is 7.00. The highest BCUT2D eigenvalue weighted by Gasteiger charge is 2.07. The predicted molar refractivity (Wildman–Crippen MR) is 99.9 cm³/mol. The number of nitrogens with one attached hydrogen (secondary N) is 2. The number of aryl methyl sites for hydroxylation is 2. The molecule has 0 unspecified atom stereocenters. The monoisotopic (exact) mass is 392 g/mol. The molecule has 0 aliphatic rings. The number of rotatable bonds is 4. The van der Waals surface area contributed by atoms with E-state index in [1.807, 2.05) is 56.3 Å². The first-order valence-corrected chi connectivity index (χ1v) is 8.20. The number of hydrogen-bond acceptors (Lipinski definition) is 3. The van der Waals surface area contributed by atoms with Gasteiger partial charge in [-0.05, 0) is 71.8 Å². The normalized spacial score (nSPS) is 10.0. The van der Waals surface area contributed by atoms with Gasteiger partial charge in [-0.15, -0.1) is 0 Å². The zero-order chi connectivity index (χ0) is 16.8. The van der Waals surface area contributed by atoms with Crippen LogP contribution in [0.15, 0.2) is 46.9 Å². The van der Waals surface area contributed by atoms with Crippen LogP contribution in [0.3, 0.4) is 0 Å². The highest BCUT2D eigenvalue weighted by molar-refractivity contribution is 9.10. The van der Waals surface area contributed by atoms with Crippen molar-refractivity contribution >= 4 is 44.9 Å². The molecule has 0 radical (unpaired) electrons. The third-order valence-corrected chi connectivity index (χ3v) is 3.88. The van der Waals surface area contributed by atoms with Crippen molar-refractivity contribution in [1.29, 1.82) is 0 Å². The van der Waals surface area contributed by atoms with Crippen molar-refractivity contribution in [3.8, 4) is 5.75 Å². The van der Waals surface area contributed by atoms with E-state index in [4.69, 9.17) is 17.0 Å². The number of ether oxygens (including phenoxy) is 1. The Morgan fingerprint density at radius 1 is 1.13 bits per heavy atom. The maximum Gasteiger partial charge on any atom is 0.264 e. The topological polar surface area (TPSA) is 50.4 Å². The van der Waals surface area contributed by atoms with Gasteiger partial charge in [-0.25, -0.2) is 0 Å². The van der Waals surface area contributed by atoms with E-state index in [-0.39, 0.29) is 17.6 Å². The molecule has 2 N–H and O–H groups in total. The summed E-state index contributed by atoms with van der Waals surface area (Å²) in [6, 6.07) is 13.3. The van der Waals surface area contributed by atoms with Crippen LogP contribution in [0.25, 0.3) is 0 Å². The van der Waals surface area contributed by atoms with E-state index < -0.39 is 0 Å². The molecule has 23 heavy (non-hydrogen) atoms. The Labute approximate surface area is 149 Å². The van der Waals surface area contributed by atoms with Gasteiger partial charge in [-0.1, -0.05) is 23.8 Å². The van der Waals surface area contributed by atoms with Crippen LogP contribution in [0.2, 0.25) is 0 Å². The van der Waals surface area contributed by atoms with E-state index in [0.29, 0.717) is 5.75 Å². The lowest BCUT2D eigenvalue weighted by Crippen LogP contribution is -2.37. The summed E-state index contributed by atoms with van der Waals surface area (Å²) in [6.07, 6.45) is 0. The highest BCUT2D eigenvalue weighted by atomic mass is 79.9. The quantitative estimate of drug-likeness (QED) is 0.773. The molecule has 4 nitrogen and oxygen atoms in total. The molecule has 0 heterocycles. The second-order valence-corrected chi connectivity index (χ2v) is 6.35. The summed E-state index contributed by atoms with van der Waals surface area (Å²) >= 11 is 8.58. The summed E-state index contributed by atoms with van der Waals surface area (Å²) in [7, 11) is 0. The average Bonchev–Trinajstić information content (AvgIpc) is 2.49. The van der Waals surface area contributed by atoms with E-state index in [1.165, 1.54) is 0 Å². The number of halogens is 1. The second-order valence-electron chi connectivity index (χ2n) is 5.09. The lowest BCUT2D eigenvalue weighted by molar-refractivity contribution is -0.121. The average molecular weight is 393 g/mol. The van der Waals surface area contributed by atoms with Crippen LogP contribution in [0.4, 0.5) is 5.69 Å². The molecule has 0 spiro atoms. The SMILES string of the molecule is Cc1ccc(OCC(=O)NC(=S)Nc2ccc(C)cc2Br)cc1. The molecular formula is C17H17BrN2O2S. The maximum atomic E-state index is 11.8. The molecule has 1 amide bonds. The van der Waals surface area contributed by atoms with Gasteiger partial charge < -0.3 is 10.1 Å². The molecule has 0 aliphatic heterocycles. The number of benzene rings is 2. The van der Waals surface area contributed by atoms with Gasteiger partial charge in [0, 0.05) is 4.47 Å². The second kappa shape index (κ2) is 8.08. The molecule has 0 saturated carbocycles. The van der Waals surface area contributed by atoms with E-state index in [9.17, 15) is 4.79 Å². The van der Waals surface area contributed by atoms with Gasteiger partial charge in [-0.2, -0.15) is 0 Å². The Hall–Kier alpha value is -1.92. The minimum Gasteiger partial charge on any atom is -0.484 e. The van der Waals surface area contributed by atoms with Crippen LogP contribution < -0.4 is 15.4 Å². The third-order valence-electron chi connectivity index (χ3n) is 3.02. The van der Waals surface area contributed by atoms with Crippen LogP contribution in [0, 0.1) is 13.8 Å². The van der Waals surface area contributed by atoms with Crippen LogP contribution in [0.1, 0.15) is 11.1 Å². The van der Waals surface area contributed by atoms with E-state index in [1.54, 1.807) is 0 Å². The fourth-order valence-corrected chi connectivity index (χ4v) is 2.64.